The molecule has 256 valence electrons. The first kappa shape index (κ1) is 34.7. The van der Waals surface area contributed by atoms with E-state index in [9.17, 15) is 18.4 Å². The number of thioether (sulfide) groups is 1. The molecule has 48 heavy (non-hydrogen) atoms. The minimum absolute atomic E-state index is 0.0745. The zero-order valence-electron chi connectivity index (χ0n) is 26.0. The summed E-state index contributed by atoms with van der Waals surface area (Å²) in [5.74, 6) is 0.000374. The summed E-state index contributed by atoms with van der Waals surface area (Å²) in [6.45, 7) is 1.58. The molecule has 3 aromatic rings. The van der Waals surface area contributed by atoms with Gasteiger partial charge in [-0.25, -0.2) is 9.78 Å². The predicted molar refractivity (Wildman–Crippen MR) is 177 cm³/mol. The summed E-state index contributed by atoms with van der Waals surface area (Å²) in [5.41, 5.74) is 2.55. The Morgan fingerprint density at radius 2 is 1.73 bits per heavy atom. The van der Waals surface area contributed by atoms with E-state index < -0.39 is 24.1 Å². The number of esters is 1. The Morgan fingerprint density at radius 1 is 1.00 bits per heavy atom. The van der Waals surface area contributed by atoms with Gasteiger partial charge in [-0.1, -0.05) is 41.4 Å². The Bertz CT molecular complexity index is 1570. The molecule has 9 nitrogen and oxygen atoms in total. The van der Waals surface area contributed by atoms with Gasteiger partial charge in [-0.3, -0.25) is 9.69 Å². The highest BCUT2D eigenvalue weighted by atomic mass is 35.5. The third-order valence-electron chi connectivity index (χ3n) is 8.44. The summed E-state index contributed by atoms with van der Waals surface area (Å²) in [5, 5.41) is -0.235. The summed E-state index contributed by atoms with van der Waals surface area (Å²) in [6, 6.07) is 11.9. The number of alkyl halides is 2. The molecule has 0 spiro atoms. The molecule has 6 rings (SSSR count). The van der Waals surface area contributed by atoms with Gasteiger partial charge in [0.05, 0.1) is 19.8 Å². The van der Waals surface area contributed by atoms with Crippen molar-refractivity contribution in [3.05, 3.63) is 87.2 Å². The fourth-order valence-corrected chi connectivity index (χ4v) is 7.25. The van der Waals surface area contributed by atoms with Gasteiger partial charge in [-0.05, 0) is 54.2 Å². The number of nitrogens with zero attached hydrogens (tertiary/aromatic N) is 2. The predicted octanol–water partition coefficient (Wildman–Crippen LogP) is 6.07. The number of benzene rings is 2. The average molecular weight is 724 g/mol. The molecule has 1 amide bonds. The largest absolute Gasteiger partial charge is 0.489 e. The molecule has 1 aliphatic carbocycles. The molecule has 1 N–H and O–H groups in total. The highest BCUT2D eigenvalue weighted by Gasteiger charge is 2.38. The summed E-state index contributed by atoms with van der Waals surface area (Å²) in [4.78, 5) is 34.2. The van der Waals surface area contributed by atoms with E-state index in [-0.39, 0.29) is 23.8 Å². The number of halogens is 4. The molecule has 3 aliphatic rings. The highest BCUT2D eigenvalue weighted by Crippen LogP contribution is 2.38. The van der Waals surface area contributed by atoms with Gasteiger partial charge in [0, 0.05) is 49.5 Å². The second-order valence-corrected chi connectivity index (χ2v) is 13.9. The number of aromatic amines is 1. The number of hydrogen-bond acceptors (Lipinski definition) is 8. The molecular weight excluding hydrogens is 687 g/mol. The van der Waals surface area contributed by atoms with Gasteiger partial charge in [0.1, 0.15) is 16.1 Å². The van der Waals surface area contributed by atoms with Gasteiger partial charge in [-0.2, -0.15) is 8.78 Å². The van der Waals surface area contributed by atoms with Crippen molar-refractivity contribution in [3.8, 4) is 11.5 Å². The Balaban J connectivity index is 1.21. The SMILES string of the molecule is O=C(O[C@@H](Cc1c(Cl)c[nH+]cc1Cl)c1ccc(OC(F)F)c(OCC2CC2)c1)[C@@H]1SCCN1C(=O)c1ccc(CN2CCOCC2)cc1. The monoisotopic (exact) mass is 722 g/mol. The Morgan fingerprint density at radius 3 is 2.42 bits per heavy atom. The van der Waals surface area contributed by atoms with Crippen LogP contribution in [0.2, 0.25) is 10.0 Å². The van der Waals surface area contributed by atoms with Crippen LogP contribution in [0, 0.1) is 5.92 Å². The quantitative estimate of drug-likeness (QED) is 0.197. The summed E-state index contributed by atoms with van der Waals surface area (Å²) in [6.07, 6.45) is 4.25. The number of hydrogen-bond donors (Lipinski definition) is 0. The van der Waals surface area contributed by atoms with Crippen molar-refractivity contribution >= 4 is 46.8 Å². The molecule has 2 atom stereocenters. The minimum Gasteiger partial charge on any atom is -0.489 e. The maximum absolute atomic E-state index is 13.9. The maximum Gasteiger partial charge on any atom is 0.387 e. The molecule has 1 aromatic heterocycles. The van der Waals surface area contributed by atoms with Crippen LogP contribution in [0.25, 0.3) is 0 Å². The second-order valence-electron chi connectivity index (χ2n) is 11.9. The van der Waals surface area contributed by atoms with Crippen molar-refractivity contribution in [2.45, 2.75) is 43.9 Å². The van der Waals surface area contributed by atoms with E-state index >= 15 is 0 Å². The lowest BCUT2D eigenvalue weighted by Gasteiger charge is -2.27. The third kappa shape index (κ3) is 8.89. The topological polar surface area (TPSA) is 91.7 Å². The number of morpholine rings is 1. The Labute approximate surface area is 291 Å². The lowest BCUT2D eigenvalue weighted by Crippen LogP contribution is -2.40. The number of nitrogens with one attached hydrogen (secondary N) is 1. The zero-order chi connectivity index (χ0) is 33.6. The first-order valence-corrected chi connectivity index (χ1v) is 17.6. The number of rotatable bonds is 13. The number of amides is 1. The molecule has 14 heteroatoms. The molecule has 2 saturated heterocycles. The van der Waals surface area contributed by atoms with Crippen molar-refractivity contribution in [1.29, 1.82) is 0 Å². The average Bonchev–Trinajstić information content (AvgIpc) is 3.78. The number of carbonyl (C=O) groups is 2. The van der Waals surface area contributed by atoms with Gasteiger partial charge in [0.25, 0.3) is 5.91 Å². The van der Waals surface area contributed by atoms with Gasteiger partial charge in [-0.15, -0.1) is 11.8 Å². The molecule has 1 saturated carbocycles. The molecule has 3 fully saturated rings. The van der Waals surface area contributed by atoms with Crippen LogP contribution in [0.1, 0.15) is 46.0 Å². The summed E-state index contributed by atoms with van der Waals surface area (Å²) >= 11 is 14.3. The number of carbonyl (C=O) groups excluding carboxylic acids is 2. The molecule has 0 bridgehead atoms. The number of H-pyrrole nitrogens is 1. The van der Waals surface area contributed by atoms with E-state index in [0.29, 0.717) is 64.8 Å². The van der Waals surface area contributed by atoms with Crippen molar-refractivity contribution in [3.63, 3.8) is 0 Å². The zero-order valence-corrected chi connectivity index (χ0v) is 28.4. The number of ether oxygens (including phenoxy) is 4. The molecule has 0 radical (unpaired) electrons. The first-order valence-electron chi connectivity index (χ1n) is 15.8. The van der Waals surface area contributed by atoms with Crippen LogP contribution >= 0.6 is 35.0 Å². The molecule has 3 heterocycles. The Hall–Kier alpha value is -3.16. The normalized spacial score (nSPS) is 18.9. The fourth-order valence-electron chi connectivity index (χ4n) is 5.62. The standard InChI is InChI=1S/C34H35Cl2F2N3O6S/c35-26-17-39-18-27(36)25(26)16-29(24-7-8-28(47-34(37)38)30(15-24)45-20-22-1-2-22)46-33(43)32-41(11-14-48-32)31(42)23-5-3-21(4-6-23)19-40-9-12-44-13-10-40/h3-8,15,17-18,22,29,32,34H,1-2,9-14,16,19-20H2/p+1/t29-,32-/m0/s1. The van der Waals surface area contributed by atoms with Crippen molar-refractivity contribution in [2.75, 3.05) is 45.2 Å². The van der Waals surface area contributed by atoms with Crippen molar-refractivity contribution in [2.24, 2.45) is 5.92 Å². The molecule has 2 aromatic carbocycles. The second kappa shape index (κ2) is 16.0. The van der Waals surface area contributed by atoms with Crippen LogP contribution in [0.3, 0.4) is 0 Å². The van der Waals surface area contributed by atoms with Gasteiger partial charge >= 0.3 is 12.6 Å². The number of aromatic nitrogens is 1. The molecular formula is C34H36Cl2F2N3O6S+. The smallest absolute Gasteiger partial charge is 0.387 e. The third-order valence-corrected chi connectivity index (χ3v) is 10.3. The van der Waals surface area contributed by atoms with E-state index in [1.807, 2.05) is 12.1 Å². The first-order chi connectivity index (χ1) is 23.2. The van der Waals surface area contributed by atoms with Crippen LogP contribution in [-0.4, -0.2) is 78.9 Å². The fraction of sp³-hybridized carbons (Fsp3) is 0.441. The summed E-state index contributed by atoms with van der Waals surface area (Å²) in [7, 11) is 0. The van der Waals surface area contributed by atoms with Gasteiger partial charge < -0.3 is 23.8 Å². The van der Waals surface area contributed by atoms with Crippen molar-refractivity contribution < 1.29 is 42.3 Å². The van der Waals surface area contributed by atoms with E-state index in [4.69, 9.17) is 42.1 Å². The minimum atomic E-state index is -3.05. The maximum atomic E-state index is 13.9. The number of pyridine rings is 1. The highest BCUT2D eigenvalue weighted by molar-refractivity contribution is 8.00. The molecule has 2 aliphatic heterocycles. The van der Waals surface area contributed by atoms with Crippen LogP contribution in [0.15, 0.2) is 54.9 Å². The van der Waals surface area contributed by atoms with E-state index in [1.54, 1.807) is 30.6 Å². The van der Waals surface area contributed by atoms with Crippen molar-refractivity contribution in [1.82, 2.24) is 9.80 Å². The van der Waals surface area contributed by atoms with Crippen LogP contribution in [0.5, 0.6) is 11.5 Å². The van der Waals surface area contributed by atoms with E-state index in [2.05, 4.69) is 9.88 Å². The van der Waals surface area contributed by atoms with Gasteiger partial charge in [0.15, 0.2) is 29.3 Å². The summed E-state index contributed by atoms with van der Waals surface area (Å²) < 4.78 is 48.6. The van der Waals surface area contributed by atoms with Gasteiger partial charge in [0.2, 0.25) is 0 Å². The van der Waals surface area contributed by atoms with Crippen LogP contribution in [-0.2, 0) is 27.2 Å². The van der Waals surface area contributed by atoms with Crippen LogP contribution in [0.4, 0.5) is 8.78 Å². The van der Waals surface area contributed by atoms with E-state index in [1.165, 1.54) is 28.8 Å². The van der Waals surface area contributed by atoms with E-state index in [0.717, 1.165) is 38.0 Å². The van der Waals surface area contributed by atoms with Crippen LogP contribution < -0.4 is 14.5 Å². The lowest BCUT2D eigenvalue weighted by atomic mass is 10.0. The Kier molecular flexibility index (Phi) is 11.6. The molecule has 0 unspecified atom stereocenters. The lowest BCUT2D eigenvalue weighted by molar-refractivity contribution is -0.377.